The highest BCUT2D eigenvalue weighted by Crippen LogP contribution is 2.19. The molecule has 0 fully saturated rings. The van der Waals surface area contributed by atoms with E-state index in [1.165, 1.54) is 6.07 Å². The van der Waals surface area contributed by atoms with Crippen molar-refractivity contribution in [3.63, 3.8) is 0 Å². The Labute approximate surface area is 101 Å². The van der Waals surface area contributed by atoms with Crippen molar-refractivity contribution >= 4 is 21.6 Å². The molecule has 0 saturated heterocycles. The Balaban J connectivity index is 3.03. The summed E-state index contributed by atoms with van der Waals surface area (Å²) >= 11 is 5.77. The molecule has 1 rings (SSSR count). The van der Waals surface area contributed by atoms with Gasteiger partial charge >= 0.3 is 0 Å². The Morgan fingerprint density at radius 3 is 2.62 bits per heavy atom. The van der Waals surface area contributed by atoms with Crippen molar-refractivity contribution in [2.75, 3.05) is 6.54 Å². The Bertz CT molecular complexity index is 509. The van der Waals surface area contributed by atoms with Gasteiger partial charge in [-0.25, -0.2) is 13.1 Å². The maximum absolute atomic E-state index is 11.9. The van der Waals surface area contributed by atoms with E-state index in [0.717, 1.165) is 5.57 Å². The highest BCUT2D eigenvalue weighted by Gasteiger charge is 2.15. The molecular formula is C11H14ClNO2S. The van der Waals surface area contributed by atoms with Crippen LogP contribution in [0, 0.1) is 6.92 Å². The molecule has 0 aliphatic carbocycles. The molecule has 0 aliphatic heterocycles. The largest absolute Gasteiger partial charge is 0.241 e. The highest BCUT2D eigenvalue weighted by atomic mass is 35.5. The zero-order valence-corrected chi connectivity index (χ0v) is 10.8. The summed E-state index contributed by atoms with van der Waals surface area (Å²) in [5.41, 5.74) is 1.39. The van der Waals surface area contributed by atoms with E-state index in [4.69, 9.17) is 11.6 Å². The third-order valence-corrected chi connectivity index (χ3v) is 3.79. The van der Waals surface area contributed by atoms with Gasteiger partial charge in [-0.05, 0) is 37.6 Å². The molecule has 0 spiro atoms. The van der Waals surface area contributed by atoms with Crippen LogP contribution in [0.3, 0.4) is 0 Å². The predicted octanol–water partition coefficient (Wildman–Crippen LogP) is 2.50. The van der Waals surface area contributed by atoms with Gasteiger partial charge in [-0.3, -0.25) is 0 Å². The summed E-state index contributed by atoms with van der Waals surface area (Å²) in [6.45, 7) is 7.35. The standard InChI is InChI=1S/C11H14ClNO2S/c1-8(2)7-13-16(14,15)11-5-4-10(12)6-9(11)3/h4-6,13H,1,7H2,2-3H3. The summed E-state index contributed by atoms with van der Waals surface area (Å²) in [6, 6.07) is 4.68. The number of sulfonamides is 1. The van der Waals surface area contributed by atoms with Crippen molar-refractivity contribution in [2.24, 2.45) is 0 Å². The maximum Gasteiger partial charge on any atom is 0.241 e. The van der Waals surface area contributed by atoms with E-state index in [2.05, 4.69) is 11.3 Å². The monoisotopic (exact) mass is 259 g/mol. The smallest absolute Gasteiger partial charge is 0.207 e. The molecule has 0 unspecified atom stereocenters. The van der Waals surface area contributed by atoms with Crippen LogP contribution in [0.15, 0.2) is 35.2 Å². The Hall–Kier alpha value is -0.840. The van der Waals surface area contributed by atoms with Crippen LogP contribution in [0.4, 0.5) is 0 Å². The topological polar surface area (TPSA) is 46.2 Å². The number of hydrogen-bond donors (Lipinski definition) is 1. The first-order valence-corrected chi connectivity index (χ1v) is 6.59. The lowest BCUT2D eigenvalue weighted by atomic mass is 10.2. The number of benzene rings is 1. The Morgan fingerprint density at radius 1 is 1.50 bits per heavy atom. The maximum atomic E-state index is 11.9. The molecule has 1 N–H and O–H groups in total. The van der Waals surface area contributed by atoms with Crippen LogP contribution in [0.25, 0.3) is 0 Å². The van der Waals surface area contributed by atoms with Gasteiger partial charge in [0.25, 0.3) is 0 Å². The predicted molar refractivity (Wildman–Crippen MR) is 66.2 cm³/mol. The molecule has 0 aliphatic rings. The second-order valence-electron chi connectivity index (χ2n) is 3.69. The molecule has 0 atom stereocenters. The minimum atomic E-state index is -3.47. The minimum absolute atomic E-state index is 0.240. The number of halogens is 1. The van der Waals surface area contributed by atoms with Crippen molar-refractivity contribution in [3.8, 4) is 0 Å². The van der Waals surface area contributed by atoms with Gasteiger partial charge in [0.2, 0.25) is 10.0 Å². The van der Waals surface area contributed by atoms with Gasteiger partial charge in [-0.15, -0.1) is 0 Å². The van der Waals surface area contributed by atoms with E-state index in [1.807, 2.05) is 0 Å². The molecule has 3 nitrogen and oxygen atoms in total. The number of hydrogen-bond acceptors (Lipinski definition) is 2. The van der Waals surface area contributed by atoms with Crippen molar-refractivity contribution < 1.29 is 8.42 Å². The molecule has 1 aromatic carbocycles. The van der Waals surface area contributed by atoms with E-state index in [-0.39, 0.29) is 11.4 Å². The normalized spacial score (nSPS) is 11.4. The van der Waals surface area contributed by atoms with Gasteiger partial charge in [-0.2, -0.15) is 0 Å². The van der Waals surface area contributed by atoms with Gasteiger partial charge in [0.1, 0.15) is 0 Å². The summed E-state index contributed by atoms with van der Waals surface area (Å²) in [7, 11) is -3.47. The summed E-state index contributed by atoms with van der Waals surface area (Å²) in [6.07, 6.45) is 0. The van der Waals surface area contributed by atoms with E-state index in [9.17, 15) is 8.42 Å². The Morgan fingerprint density at radius 2 is 2.12 bits per heavy atom. The second-order valence-corrected chi connectivity index (χ2v) is 5.86. The van der Waals surface area contributed by atoms with Gasteiger partial charge in [0.15, 0.2) is 0 Å². The van der Waals surface area contributed by atoms with E-state index in [0.29, 0.717) is 10.6 Å². The van der Waals surface area contributed by atoms with Crippen molar-refractivity contribution in [3.05, 3.63) is 40.9 Å². The lowest BCUT2D eigenvalue weighted by molar-refractivity contribution is 0.584. The van der Waals surface area contributed by atoms with Crippen LogP contribution in [-0.4, -0.2) is 15.0 Å². The lowest BCUT2D eigenvalue weighted by Crippen LogP contribution is -2.25. The first kappa shape index (κ1) is 13.2. The van der Waals surface area contributed by atoms with Crippen LogP contribution >= 0.6 is 11.6 Å². The quantitative estimate of drug-likeness (QED) is 0.845. The molecular weight excluding hydrogens is 246 g/mol. The Kier molecular flexibility index (Phi) is 4.13. The molecule has 88 valence electrons. The molecule has 16 heavy (non-hydrogen) atoms. The summed E-state index contributed by atoms with van der Waals surface area (Å²) in [5, 5.41) is 0.524. The van der Waals surface area contributed by atoms with Crippen molar-refractivity contribution in [2.45, 2.75) is 18.7 Å². The molecule has 0 aromatic heterocycles. The fourth-order valence-corrected chi connectivity index (χ4v) is 2.76. The van der Waals surface area contributed by atoms with Crippen molar-refractivity contribution in [1.29, 1.82) is 0 Å². The molecule has 0 amide bonds. The lowest BCUT2D eigenvalue weighted by Gasteiger charge is -2.09. The first-order valence-electron chi connectivity index (χ1n) is 4.73. The molecule has 0 heterocycles. The molecule has 0 saturated carbocycles. The van der Waals surface area contributed by atoms with E-state index in [1.54, 1.807) is 26.0 Å². The summed E-state index contributed by atoms with van der Waals surface area (Å²) < 4.78 is 26.2. The number of nitrogens with one attached hydrogen (secondary N) is 1. The van der Waals surface area contributed by atoms with Crippen LogP contribution < -0.4 is 4.72 Å². The third kappa shape index (κ3) is 3.33. The number of aryl methyl sites for hydroxylation is 1. The summed E-state index contributed by atoms with van der Waals surface area (Å²) in [4.78, 5) is 0.248. The van der Waals surface area contributed by atoms with Gasteiger partial charge in [0.05, 0.1) is 4.90 Å². The fourth-order valence-electron chi connectivity index (χ4n) is 1.21. The highest BCUT2D eigenvalue weighted by molar-refractivity contribution is 7.89. The summed E-state index contributed by atoms with van der Waals surface area (Å²) in [5.74, 6) is 0. The van der Waals surface area contributed by atoms with Crippen LogP contribution in [0.5, 0.6) is 0 Å². The molecule has 5 heteroatoms. The van der Waals surface area contributed by atoms with Gasteiger partial charge in [-0.1, -0.05) is 23.8 Å². The van der Waals surface area contributed by atoms with E-state index < -0.39 is 10.0 Å². The molecule has 0 radical (unpaired) electrons. The zero-order valence-electron chi connectivity index (χ0n) is 9.25. The zero-order chi connectivity index (χ0) is 12.3. The van der Waals surface area contributed by atoms with Crippen LogP contribution in [0.1, 0.15) is 12.5 Å². The SMILES string of the molecule is C=C(C)CNS(=O)(=O)c1ccc(Cl)cc1C. The fraction of sp³-hybridized carbons (Fsp3) is 0.273. The molecule has 0 bridgehead atoms. The average molecular weight is 260 g/mol. The first-order chi connectivity index (χ1) is 7.33. The third-order valence-electron chi connectivity index (χ3n) is 1.99. The average Bonchev–Trinajstić information content (AvgIpc) is 2.14. The van der Waals surface area contributed by atoms with Crippen LogP contribution in [-0.2, 0) is 10.0 Å². The molecule has 1 aromatic rings. The van der Waals surface area contributed by atoms with Crippen molar-refractivity contribution in [1.82, 2.24) is 4.72 Å². The van der Waals surface area contributed by atoms with Gasteiger partial charge < -0.3 is 0 Å². The minimum Gasteiger partial charge on any atom is -0.207 e. The van der Waals surface area contributed by atoms with E-state index >= 15 is 0 Å². The number of rotatable bonds is 4. The van der Waals surface area contributed by atoms with Crippen LogP contribution in [0.2, 0.25) is 5.02 Å². The van der Waals surface area contributed by atoms with Gasteiger partial charge in [0, 0.05) is 11.6 Å². The second kappa shape index (κ2) is 4.99.